The number of halogens is 1. The number of morpholine rings is 1. The molecule has 0 aromatic carbocycles. The first kappa shape index (κ1) is 20.7. The molecule has 1 aliphatic rings. The Morgan fingerprint density at radius 2 is 2.33 bits per heavy atom. The van der Waals surface area contributed by atoms with Crippen molar-refractivity contribution in [3.8, 4) is 0 Å². The van der Waals surface area contributed by atoms with Crippen LogP contribution in [0.5, 0.6) is 0 Å². The molecule has 5 nitrogen and oxygen atoms in total. The Labute approximate surface area is 146 Å². The second-order valence-electron chi connectivity index (χ2n) is 5.30. The molecule has 21 heavy (non-hydrogen) atoms. The van der Waals surface area contributed by atoms with Crippen molar-refractivity contribution in [3.05, 3.63) is 12.7 Å². The first-order valence-electron chi connectivity index (χ1n) is 7.57. The molecule has 0 aromatic rings. The van der Waals surface area contributed by atoms with Gasteiger partial charge < -0.3 is 19.9 Å². The molecule has 1 aliphatic heterocycles. The van der Waals surface area contributed by atoms with Gasteiger partial charge in [-0.1, -0.05) is 6.08 Å². The number of guanidine groups is 1. The minimum Gasteiger partial charge on any atom is -0.374 e. The lowest BCUT2D eigenvalue weighted by Crippen LogP contribution is -2.43. The largest absolute Gasteiger partial charge is 0.374 e. The molecule has 1 N–H and O–H groups in total. The summed E-state index contributed by atoms with van der Waals surface area (Å²) in [7, 11) is 4.21. The van der Waals surface area contributed by atoms with Crippen molar-refractivity contribution in [3.63, 3.8) is 0 Å². The van der Waals surface area contributed by atoms with E-state index in [2.05, 4.69) is 42.7 Å². The van der Waals surface area contributed by atoms with E-state index < -0.39 is 0 Å². The first-order valence-corrected chi connectivity index (χ1v) is 7.57. The predicted molar refractivity (Wildman–Crippen MR) is 101 cm³/mol. The highest BCUT2D eigenvalue weighted by Gasteiger charge is 2.17. The van der Waals surface area contributed by atoms with Crippen molar-refractivity contribution in [1.82, 2.24) is 15.1 Å². The molecule has 0 saturated carbocycles. The molecule has 1 heterocycles. The van der Waals surface area contributed by atoms with Crippen LogP contribution in [0.1, 0.15) is 19.8 Å². The second kappa shape index (κ2) is 12.2. The van der Waals surface area contributed by atoms with Gasteiger partial charge in [0.25, 0.3) is 0 Å². The number of nitrogens with one attached hydrogen (secondary N) is 1. The summed E-state index contributed by atoms with van der Waals surface area (Å²) < 4.78 is 5.75. The smallest absolute Gasteiger partial charge is 0.193 e. The van der Waals surface area contributed by atoms with Gasteiger partial charge in [0.05, 0.1) is 19.3 Å². The van der Waals surface area contributed by atoms with E-state index >= 15 is 0 Å². The minimum atomic E-state index is 0. The number of allylic oxidation sites excluding steroid dienone is 1. The number of rotatable bonds is 7. The highest BCUT2D eigenvalue weighted by molar-refractivity contribution is 14.0. The third-order valence-electron chi connectivity index (χ3n) is 3.38. The molecule has 0 spiro atoms. The average molecular weight is 410 g/mol. The maximum absolute atomic E-state index is 5.75. The monoisotopic (exact) mass is 410 g/mol. The zero-order chi connectivity index (χ0) is 14.8. The molecule has 0 bridgehead atoms. The zero-order valence-electron chi connectivity index (χ0n) is 13.7. The number of unbranched alkanes of at least 4 members (excludes halogenated alkanes) is 1. The third-order valence-corrected chi connectivity index (χ3v) is 3.38. The highest BCUT2D eigenvalue weighted by atomic mass is 127. The molecule has 1 unspecified atom stereocenters. The molecule has 1 saturated heterocycles. The lowest BCUT2D eigenvalue weighted by Gasteiger charge is -2.29. The van der Waals surface area contributed by atoms with E-state index in [4.69, 9.17) is 9.73 Å². The number of nitrogens with zero attached hydrogens (tertiary/aromatic N) is 3. The lowest BCUT2D eigenvalue weighted by atomic mass is 10.3. The molecular weight excluding hydrogens is 379 g/mol. The van der Waals surface area contributed by atoms with Crippen LogP contribution >= 0.6 is 24.0 Å². The summed E-state index contributed by atoms with van der Waals surface area (Å²) in [6.07, 6.45) is 4.32. The van der Waals surface area contributed by atoms with Crippen LogP contribution in [0.3, 0.4) is 0 Å². The summed E-state index contributed by atoms with van der Waals surface area (Å²) in [4.78, 5) is 9.18. The van der Waals surface area contributed by atoms with Gasteiger partial charge >= 0.3 is 0 Å². The Morgan fingerprint density at radius 1 is 1.57 bits per heavy atom. The van der Waals surface area contributed by atoms with Crippen molar-refractivity contribution in [2.75, 3.05) is 53.4 Å². The molecule has 0 aromatic heterocycles. The van der Waals surface area contributed by atoms with Crippen LogP contribution in [0.4, 0.5) is 0 Å². The third kappa shape index (κ3) is 8.63. The fourth-order valence-corrected chi connectivity index (χ4v) is 2.21. The standard InChI is InChI=1S/C15H30N4O.HI/c1-5-7-8-9-19(4)15(16-6-2)17-12-14-13-18(3)10-11-20-14;/h5,14H,1,6-13H2,2-4H3,(H,16,17);1H. The van der Waals surface area contributed by atoms with Gasteiger partial charge in [0.1, 0.15) is 0 Å². The van der Waals surface area contributed by atoms with E-state index in [-0.39, 0.29) is 30.1 Å². The van der Waals surface area contributed by atoms with Gasteiger partial charge in [0, 0.05) is 33.2 Å². The normalized spacial score (nSPS) is 19.8. The van der Waals surface area contributed by atoms with Crippen molar-refractivity contribution >= 4 is 29.9 Å². The summed E-state index contributed by atoms with van der Waals surface area (Å²) in [5.74, 6) is 0.966. The van der Waals surface area contributed by atoms with Crippen molar-refractivity contribution in [2.45, 2.75) is 25.9 Å². The Morgan fingerprint density at radius 3 is 2.95 bits per heavy atom. The van der Waals surface area contributed by atoms with Gasteiger partial charge in [-0.05, 0) is 26.8 Å². The molecule has 0 aliphatic carbocycles. The summed E-state index contributed by atoms with van der Waals surface area (Å²) in [6, 6.07) is 0. The summed E-state index contributed by atoms with van der Waals surface area (Å²) >= 11 is 0. The van der Waals surface area contributed by atoms with E-state index in [1.165, 1.54) is 0 Å². The van der Waals surface area contributed by atoms with Crippen LogP contribution in [0.15, 0.2) is 17.6 Å². The maximum Gasteiger partial charge on any atom is 0.193 e. The Kier molecular flexibility index (Phi) is 12.0. The maximum atomic E-state index is 5.75. The van der Waals surface area contributed by atoms with E-state index in [0.717, 1.165) is 58.1 Å². The molecule has 124 valence electrons. The van der Waals surface area contributed by atoms with Crippen LogP contribution in [0, 0.1) is 0 Å². The van der Waals surface area contributed by atoms with Crippen LogP contribution < -0.4 is 5.32 Å². The van der Waals surface area contributed by atoms with Gasteiger partial charge in [-0.3, -0.25) is 4.99 Å². The van der Waals surface area contributed by atoms with Gasteiger partial charge in [0.15, 0.2) is 5.96 Å². The summed E-state index contributed by atoms with van der Waals surface area (Å²) in [5.41, 5.74) is 0. The van der Waals surface area contributed by atoms with Gasteiger partial charge in [-0.15, -0.1) is 30.6 Å². The second-order valence-corrected chi connectivity index (χ2v) is 5.30. The van der Waals surface area contributed by atoms with Crippen LogP contribution in [-0.2, 0) is 4.74 Å². The predicted octanol–water partition coefficient (Wildman–Crippen LogP) is 1.80. The fraction of sp³-hybridized carbons (Fsp3) is 0.800. The fourth-order valence-electron chi connectivity index (χ4n) is 2.21. The minimum absolute atomic E-state index is 0. The van der Waals surface area contributed by atoms with Crippen LogP contribution in [0.2, 0.25) is 0 Å². The van der Waals surface area contributed by atoms with Crippen molar-refractivity contribution < 1.29 is 4.74 Å². The number of hydrogen-bond donors (Lipinski definition) is 1. The SMILES string of the molecule is C=CCCCN(C)C(=NCC1CN(C)CCO1)NCC.I. The van der Waals surface area contributed by atoms with Crippen molar-refractivity contribution in [1.29, 1.82) is 0 Å². The molecule has 1 atom stereocenters. The molecular formula is C15H31IN4O. The van der Waals surface area contributed by atoms with E-state index in [1.54, 1.807) is 0 Å². The quantitative estimate of drug-likeness (QED) is 0.229. The number of aliphatic imine (C=N–C) groups is 1. The number of likely N-dealkylation sites (N-methyl/N-ethyl adjacent to an activating group) is 1. The van der Waals surface area contributed by atoms with E-state index in [0.29, 0.717) is 0 Å². The Bertz CT molecular complexity index is 312. The van der Waals surface area contributed by atoms with Crippen molar-refractivity contribution in [2.24, 2.45) is 4.99 Å². The van der Waals surface area contributed by atoms with Crippen LogP contribution in [0.25, 0.3) is 0 Å². The Balaban J connectivity index is 0.00000400. The molecule has 1 fully saturated rings. The molecule has 1 rings (SSSR count). The van der Waals surface area contributed by atoms with Gasteiger partial charge in [-0.25, -0.2) is 0 Å². The van der Waals surface area contributed by atoms with Crippen LogP contribution in [-0.4, -0.2) is 75.3 Å². The first-order chi connectivity index (χ1) is 9.67. The van der Waals surface area contributed by atoms with E-state index in [1.807, 2.05) is 6.08 Å². The average Bonchev–Trinajstić information content (AvgIpc) is 2.43. The molecule has 6 heteroatoms. The highest BCUT2D eigenvalue weighted by Crippen LogP contribution is 2.04. The van der Waals surface area contributed by atoms with E-state index in [9.17, 15) is 0 Å². The lowest BCUT2D eigenvalue weighted by molar-refractivity contribution is -0.0137. The Hall–Kier alpha value is -0.340. The number of hydrogen-bond acceptors (Lipinski definition) is 3. The topological polar surface area (TPSA) is 40.1 Å². The summed E-state index contributed by atoms with van der Waals surface area (Å²) in [6.45, 7) is 11.2. The zero-order valence-corrected chi connectivity index (χ0v) is 16.0. The number of ether oxygens (including phenoxy) is 1. The molecule has 0 amide bonds. The van der Waals surface area contributed by atoms with Gasteiger partial charge in [-0.2, -0.15) is 0 Å². The summed E-state index contributed by atoms with van der Waals surface area (Å²) in [5, 5.41) is 3.34. The van der Waals surface area contributed by atoms with Gasteiger partial charge in [0.2, 0.25) is 0 Å². The molecule has 0 radical (unpaired) electrons.